The minimum absolute atomic E-state index is 0.0847. The standard InChI is InChI=1S/C20H19N3O4/c1-3-10-21-18(24)13-26-17-9-4-6-14(11-17)19-22-20(27-23-19)15-7-5-8-16(12-15)25-2/h3-9,11-12H,1,10,13H2,2H3,(H,21,24). The van der Waals surface area contributed by atoms with E-state index < -0.39 is 0 Å². The van der Waals surface area contributed by atoms with Crippen LogP contribution in [0.1, 0.15) is 0 Å². The first-order chi connectivity index (χ1) is 13.2. The van der Waals surface area contributed by atoms with E-state index in [1.54, 1.807) is 31.4 Å². The highest BCUT2D eigenvalue weighted by molar-refractivity contribution is 5.77. The molecular formula is C20H19N3O4. The highest BCUT2D eigenvalue weighted by Crippen LogP contribution is 2.26. The molecule has 2 aromatic carbocycles. The van der Waals surface area contributed by atoms with Crippen molar-refractivity contribution in [1.82, 2.24) is 15.5 Å². The van der Waals surface area contributed by atoms with Gasteiger partial charge >= 0.3 is 0 Å². The zero-order valence-electron chi connectivity index (χ0n) is 14.8. The Kier molecular flexibility index (Phi) is 5.84. The van der Waals surface area contributed by atoms with E-state index in [0.29, 0.717) is 29.8 Å². The number of methoxy groups -OCH3 is 1. The van der Waals surface area contributed by atoms with E-state index >= 15 is 0 Å². The topological polar surface area (TPSA) is 86.5 Å². The van der Waals surface area contributed by atoms with Crippen LogP contribution in [0.5, 0.6) is 11.5 Å². The summed E-state index contributed by atoms with van der Waals surface area (Å²) in [6.07, 6.45) is 1.61. The van der Waals surface area contributed by atoms with Crippen LogP contribution in [0.15, 0.2) is 65.7 Å². The van der Waals surface area contributed by atoms with Crippen LogP contribution in [0.2, 0.25) is 0 Å². The fourth-order valence-electron chi connectivity index (χ4n) is 2.32. The summed E-state index contributed by atoms with van der Waals surface area (Å²) in [7, 11) is 1.60. The molecule has 0 unspecified atom stereocenters. The number of carbonyl (C=O) groups is 1. The molecule has 0 aliphatic carbocycles. The van der Waals surface area contributed by atoms with E-state index in [2.05, 4.69) is 22.0 Å². The Balaban J connectivity index is 1.72. The smallest absolute Gasteiger partial charge is 0.258 e. The molecule has 0 radical (unpaired) electrons. The largest absolute Gasteiger partial charge is 0.497 e. The Labute approximate surface area is 156 Å². The molecule has 0 aliphatic heterocycles. The van der Waals surface area contributed by atoms with Crippen LogP contribution < -0.4 is 14.8 Å². The summed E-state index contributed by atoms with van der Waals surface area (Å²) in [5.74, 6) is 1.83. The molecule has 7 nitrogen and oxygen atoms in total. The number of nitrogens with zero attached hydrogens (tertiary/aromatic N) is 2. The van der Waals surface area contributed by atoms with E-state index in [-0.39, 0.29) is 12.5 Å². The first-order valence-electron chi connectivity index (χ1n) is 8.28. The van der Waals surface area contributed by atoms with Crippen molar-refractivity contribution in [3.05, 3.63) is 61.2 Å². The summed E-state index contributed by atoms with van der Waals surface area (Å²) in [5.41, 5.74) is 1.48. The lowest BCUT2D eigenvalue weighted by molar-refractivity contribution is -0.122. The number of amides is 1. The van der Waals surface area contributed by atoms with Gasteiger partial charge in [0.25, 0.3) is 11.8 Å². The van der Waals surface area contributed by atoms with Crippen molar-refractivity contribution in [2.45, 2.75) is 0 Å². The third kappa shape index (κ3) is 4.72. The van der Waals surface area contributed by atoms with Gasteiger partial charge in [-0.1, -0.05) is 29.4 Å². The maximum absolute atomic E-state index is 11.6. The lowest BCUT2D eigenvalue weighted by Crippen LogP contribution is -2.28. The lowest BCUT2D eigenvalue weighted by atomic mass is 10.2. The SMILES string of the molecule is C=CCNC(=O)COc1cccc(-c2noc(-c3cccc(OC)c3)n2)c1. The normalized spacial score (nSPS) is 10.3. The quantitative estimate of drug-likeness (QED) is 0.617. The van der Waals surface area contributed by atoms with E-state index in [1.165, 1.54) is 0 Å². The van der Waals surface area contributed by atoms with Crippen molar-refractivity contribution >= 4 is 5.91 Å². The van der Waals surface area contributed by atoms with Crippen molar-refractivity contribution in [1.29, 1.82) is 0 Å². The molecule has 0 bridgehead atoms. The highest BCUT2D eigenvalue weighted by atomic mass is 16.5. The summed E-state index contributed by atoms with van der Waals surface area (Å²) >= 11 is 0. The summed E-state index contributed by atoms with van der Waals surface area (Å²) in [5, 5.41) is 6.67. The second-order valence-corrected chi connectivity index (χ2v) is 5.56. The molecule has 1 heterocycles. The Morgan fingerprint density at radius 1 is 1.19 bits per heavy atom. The predicted molar refractivity (Wildman–Crippen MR) is 100 cm³/mol. The molecule has 0 spiro atoms. The molecule has 3 aromatic rings. The number of nitrogens with one attached hydrogen (secondary N) is 1. The van der Waals surface area contributed by atoms with Gasteiger partial charge in [0, 0.05) is 17.7 Å². The summed E-state index contributed by atoms with van der Waals surface area (Å²) in [6, 6.07) is 14.5. The molecule has 0 fully saturated rings. The fourth-order valence-corrected chi connectivity index (χ4v) is 2.32. The van der Waals surface area contributed by atoms with Crippen LogP contribution in [0.25, 0.3) is 22.8 Å². The number of hydrogen-bond donors (Lipinski definition) is 1. The maximum atomic E-state index is 11.6. The number of rotatable bonds is 8. The number of aromatic nitrogens is 2. The zero-order valence-corrected chi connectivity index (χ0v) is 14.8. The Morgan fingerprint density at radius 2 is 1.93 bits per heavy atom. The van der Waals surface area contributed by atoms with Gasteiger partial charge in [0.15, 0.2) is 6.61 Å². The molecule has 27 heavy (non-hydrogen) atoms. The predicted octanol–water partition coefficient (Wildman–Crippen LogP) is 3.09. The number of hydrogen-bond acceptors (Lipinski definition) is 6. The van der Waals surface area contributed by atoms with Crippen LogP contribution >= 0.6 is 0 Å². The van der Waals surface area contributed by atoms with Crippen LogP contribution in [0.3, 0.4) is 0 Å². The summed E-state index contributed by atoms with van der Waals surface area (Å²) in [4.78, 5) is 16.0. The molecule has 0 atom stereocenters. The molecule has 138 valence electrons. The zero-order chi connectivity index (χ0) is 19.1. The number of carbonyl (C=O) groups excluding carboxylic acids is 1. The van der Waals surface area contributed by atoms with E-state index in [1.807, 2.05) is 30.3 Å². The molecule has 0 saturated carbocycles. The van der Waals surface area contributed by atoms with Gasteiger partial charge in [-0.15, -0.1) is 6.58 Å². The Hall–Kier alpha value is -3.61. The monoisotopic (exact) mass is 365 g/mol. The molecule has 1 amide bonds. The number of benzene rings is 2. The lowest BCUT2D eigenvalue weighted by Gasteiger charge is -2.06. The van der Waals surface area contributed by atoms with Gasteiger partial charge in [-0.25, -0.2) is 0 Å². The van der Waals surface area contributed by atoms with E-state index in [0.717, 1.165) is 11.1 Å². The average molecular weight is 365 g/mol. The van der Waals surface area contributed by atoms with Crippen molar-refractivity contribution in [3.8, 4) is 34.3 Å². The highest BCUT2D eigenvalue weighted by Gasteiger charge is 2.12. The Bertz CT molecular complexity index is 936. The van der Waals surface area contributed by atoms with Gasteiger partial charge in [-0.2, -0.15) is 4.98 Å². The van der Waals surface area contributed by atoms with E-state index in [4.69, 9.17) is 14.0 Å². The van der Waals surface area contributed by atoms with Gasteiger partial charge in [0.1, 0.15) is 11.5 Å². The van der Waals surface area contributed by atoms with Crippen molar-refractivity contribution < 1.29 is 18.8 Å². The van der Waals surface area contributed by atoms with Gasteiger partial charge in [-0.3, -0.25) is 4.79 Å². The van der Waals surface area contributed by atoms with Crippen molar-refractivity contribution in [2.24, 2.45) is 0 Å². The van der Waals surface area contributed by atoms with E-state index in [9.17, 15) is 4.79 Å². The molecule has 1 aromatic heterocycles. The van der Waals surface area contributed by atoms with Gasteiger partial charge in [-0.05, 0) is 30.3 Å². The second-order valence-electron chi connectivity index (χ2n) is 5.56. The van der Waals surface area contributed by atoms with Gasteiger partial charge in [0.2, 0.25) is 5.82 Å². The maximum Gasteiger partial charge on any atom is 0.258 e. The molecule has 0 aliphatic rings. The molecule has 7 heteroatoms. The van der Waals surface area contributed by atoms with Crippen LogP contribution in [-0.2, 0) is 4.79 Å². The summed E-state index contributed by atoms with van der Waals surface area (Å²) in [6.45, 7) is 3.86. The van der Waals surface area contributed by atoms with Gasteiger partial charge in [0.05, 0.1) is 7.11 Å². The first kappa shape index (κ1) is 18.2. The molecular weight excluding hydrogens is 346 g/mol. The van der Waals surface area contributed by atoms with Gasteiger partial charge < -0.3 is 19.3 Å². The molecule has 1 N–H and O–H groups in total. The second kappa shape index (κ2) is 8.66. The van der Waals surface area contributed by atoms with Crippen LogP contribution in [0, 0.1) is 0 Å². The van der Waals surface area contributed by atoms with Crippen LogP contribution in [0.4, 0.5) is 0 Å². The minimum atomic E-state index is -0.222. The average Bonchev–Trinajstić information content (AvgIpc) is 3.21. The number of ether oxygens (including phenoxy) is 2. The van der Waals surface area contributed by atoms with Crippen molar-refractivity contribution in [2.75, 3.05) is 20.3 Å². The first-order valence-corrected chi connectivity index (χ1v) is 8.28. The van der Waals surface area contributed by atoms with Crippen LogP contribution in [-0.4, -0.2) is 36.3 Å². The van der Waals surface area contributed by atoms with Crippen molar-refractivity contribution in [3.63, 3.8) is 0 Å². The fraction of sp³-hybridized carbons (Fsp3) is 0.150. The summed E-state index contributed by atoms with van der Waals surface area (Å²) < 4.78 is 16.1. The minimum Gasteiger partial charge on any atom is -0.497 e. The third-order valence-electron chi connectivity index (χ3n) is 3.65. The Morgan fingerprint density at radius 3 is 2.70 bits per heavy atom. The molecule has 0 saturated heterocycles. The molecule has 3 rings (SSSR count). The third-order valence-corrected chi connectivity index (χ3v) is 3.65.